The molecule has 1 aromatic heterocycles. The minimum Gasteiger partial charge on any atom is -0.383 e. The van der Waals surface area contributed by atoms with Gasteiger partial charge in [0.1, 0.15) is 11.6 Å². The predicted octanol–water partition coefficient (Wildman–Crippen LogP) is 3.13. The predicted molar refractivity (Wildman–Crippen MR) is 71.9 cm³/mol. The van der Waals surface area contributed by atoms with Gasteiger partial charge in [-0.3, -0.25) is 0 Å². The molecule has 0 aromatic carbocycles. The fourth-order valence-corrected chi connectivity index (χ4v) is 1.85. The van der Waals surface area contributed by atoms with E-state index in [0.29, 0.717) is 11.7 Å². The largest absolute Gasteiger partial charge is 0.383 e. The Hall–Kier alpha value is -0.390. The minimum atomic E-state index is 0.389. The van der Waals surface area contributed by atoms with Crippen molar-refractivity contribution in [2.45, 2.75) is 46.0 Å². The second-order valence-electron chi connectivity index (χ2n) is 3.79. The van der Waals surface area contributed by atoms with Crippen molar-refractivity contribution in [2.24, 2.45) is 0 Å². The zero-order valence-corrected chi connectivity index (χ0v) is 11.7. The first-order valence-corrected chi connectivity index (χ1v) is 6.49. The number of halogens is 1. The van der Waals surface area contributed by atoms with Gasteiger partial charge in [-0.1, -0.05) is 27.2 Å². The van der Waals surface area contributed by atoms with Gasteiger partial charge in [0, 0.05) is 5.92 Å². The van der Waals surface area contributed by atoms with Crippen LogP contribution < -0.4 is 5.73 Å². The molecule has 15 heavy (non-hydrogen) atoms. The zero-order valence-electron chi connectivity index (χ0n) is 9.55. The van der Waals surface area contributed by atoms with Crippen LogP contribution in [0.4, 0.5) is 5.82 Å². The standard InChI is InChI=1S/C11H18IN3/c1-4-6-8-9(12)10(13)15-11(14-8)7(3)5-2/h7H,4-6H2,1-3H3,(H2,13,14,15). The van der Waals surface area contributed by atoms with Crippen LogP contribution in [0.3, 0.4) is 0 Å². The average molecular weight is 319 g/mol. The third kappa shape index (κ3) is 3.03. The molecule has 0 bridgehead atoms. The number of nitrogens with two attached hydrogens (primary N) is 1. The Morgan fingerprint density at radius 2 is 2.00 bits per heavy atom. The van der Waals surface area contributed by atoms with Gasteiger partial charge in [0.2, 0.25) is 0 Å². The first kappa shape index (κ1) is 12.7. The fourth-order valence-electron chi connectivity index (χ4n) is 1.34. The number of hydrogen-bond donors (Lipinski definition) is 1. The van der Waals surface area contributed by atoms with E-state index in [9.17, 15) is 0 Å². The van der Waals surface area contributed by atoms with Crippen LogP contribution in [0.15, 0.2) is 0 Å². The van der Waals surface area contributed by atoms with Gasteiger partial charge in [0.05, 0.1) is 9.26 Å². The van der Waals surface area contributed by atoms with Crippen molar-refractivity contribution in [3.05, 3.63) is 15.1 Å². The van der Waals surface area contributed by atoms with Crippen LogP contribution in [0.5, 0.6) is 0 Å². The summed E-state index contributed by atoms with van der Waals surface area (Å²) in [5.41, 5.74) is 6.98. The van der Waals surface area contributed by atoms with E-state index in [1.54, 1.807) is 0 Å². The highest BCUT2D eigenvalue weighted by atomic mass is 127. The van der Waals surface area contributed by atoms with Crippen LogP contribution in [-0.4, -0.2) is 9.97 Å². The molecule has 1 unspecified atom stereocenters. The lowest BCUT2D eigenvalue weighted by Crippen LogP contribution is -2.09. The highest BCUT2D eigenvalue weighted by molar-refractivity contribution is 14.1. The quantitative estimate of drug-likeness (QED) is 0.868. The first-order chi connectivity index (χ1) is 7.10. The molecule has 0 aliphatic carbocycles. The fraction of sp³-hybridized carbons (Fsp3) is 0.636. The Kier molecular flexibility index (Phi) is 4.76. The Balaban J connectivity index is 3.11. The molecule has 0 aliphatic rings. The molecule has 0 saturated heterocycles. The van der Waals surface area contributed by atoms with Gasteiger partial charge >= 0.3 is 0 Å². The van der Waals surface area contributed by atoms with Gasteiger partial charge in [0.25, 0.3) is 0 Å². The summed E-state index contributed by atoms with van der Waals surface area (Å²) in [4.78, 5) is 8.94. The minimum absolute atomic E-state index is 0.389. The Morgan fingerprint density at radius 3 is 2.53 bits per heavy atom. The lowest BCUT2D eigenvalue weighted by atomic mass is 10.1. The molecule has 4 heteroatoms. The lowest BCUT2D eigenvalue weighted by Gasteiger charge is -2.11. The van der Waals surface area contributed by atoms with Crippen molar-refractivity contribution < 1.29 is 0 Å². The van der Waals surface area contributed by atoms with Crippen molar-refractivity contribution in [3.63, 3.8) is 0 Å². The smallest absolute Gasteiger partial charge is 0.140 e. The molecule has 1 rings (SSSR count). The molecule has 0 fully saturated rings. The average Bonchev–Trinajstić information content (AvgIpc) is 2.23. The summed E-state index contributed by atoms with van der Waals surface area (Å²) >= 11 is 2.23. The van der Waals surface area contributed by atoms with Crippen molar-refractivity contribution >= 4 is 28.4 Å². The molecule has 3 nitrogen and oxygen atoms in total. The monoisotopic (exact) mass is 319 g/mol. The first-order valence-electron chi connectivity index (χ1n) is 5.41. The number of rotatable bonds is 4. The molecule has 1 heterocycles. The number of aromatic nitrogens is 2. The number of nitrogens with zero attached hydrogens (tertiary/aromatic N) is 2. The highest BCUT2D eigenvalue weighted by Crippen LogP contribution is 2.22. The molecule has 1 aromatic rings. The summed E-state index contributed by atoms with van der Waals surface area (Å²) in [7, 11) is 0. The summed E-state index contributed by atoms with van der Waals surface area (Å²) < 4.78 is 1.02. The van der Waals surface area contributed by atoms with E-state index >= 15 is 0 Å². The van der Waals surface area contributed by atoms with Crippen molar-refractivity contribution in [3.8, 4) is 0 Å². The second kappa shape index (κ2) is 5.63. The molecule has 1 atom stereocenters. The number of hydrogen-bond acceptors (Lipinski definition) is 3. The molecule has 84 valence electrons. The van der Waals surface area contributed by atoms with Crippen LogP contribution in [0.2, 0.25) is 0 Å². The van der Waals surface area contributed by atoms with Crippen LogP contribution in [0.25, 0.3) is 0 Å². The number of nitrogen functional groups attached to an aromatic ring is 1. The van der Waals surface area contributed by atoms with Crippen molar-refractivity contribution in [1.29, 1.82) is 0 Å². The number of anilines is 1. The SMILES string of the molecule is CCCc1nc(C(C)CC)nc(N)c1I. The summed E-state index contributed by atoms with van der Waals surface area (Å²) in [6.45, 7) is 6.43. The second-order valence-corrected chi connectivity index (χ2v) is 4.87. The highest BCUT2D eigenvalue weighted by Gasteiger charge is 2.12. The third-order valence-electron chi connectivity index (χ3n) is 2.50. The van der Waals surface area contributed by atoms with Gasteiger partial charge in [-0.05, 0) is 35.4 Å². The van der Waals surface area contributed by atoms with E-state index < -0.39 is 0 Å². The van der Waals surface area contributed by atoms with E-state index in [4.69, 9.17) is 5.73 Å². The van der Waals surface area contributed by atoms with Crippen LogP contribution in [0.1, 0.15) is 51.0 Å². The van der Waals surface area contributed by atoms with Gasteiger partial charge < -0.3 is 5.73 Å². The lowest BCUT2D eigenvalue weighted by molar-refractivity contribution is 0.668. The summed E-state index contributed by atoms with van der Waals surface area (Å²) in [6.07, 6.45) is 3.12. The maximum Gasteiger partial charge on any atom is 0.140 e. The molecule has 0 amide bonds. The summed E-state index contributed by atoms with van der Waals surface area (Å²) in [6, 6.07) is 0. The molecular weight excluding hydrogens is 301 g/mol. The molecule has 0 saturated carbocycles. The zero-order chi connectivity index (χ0) is 11.4. The van der Waals surface area contributed by atoms with E-state index in [1.807, 2.05) is 0 Å². The molecule has 0 radical (unpaired) electrons. The molecule has 0 aliphatic heterocycles. The van der Waals surface area contributed by atoms with Crippen LogP contribution in [-0.2, 0) is 6.42 Å². The van der Waals surface area contributed by atoms with E-state index in [1.165, 1.54) is 0 Å². The third-order valence-corrected chi connectivity index (χ3v) is 3.68. The Morgan fingerprint density at radius 1 is 1.33 bits per heavy atom. The number of aryl methyl sites for hydroxylation is 1. The Bertz CT molecular complexity index is 339. The van der Waals surface area contributed by atoms with Crippen LogP contribution in [0, 0.1) is 3.57 Å². The van der Waals surface area contributed by atoms with Gasteiger partial charge in [-0.2, -0.15) is 0 Å². The van der Waals surface area contributed by atoms with Crippen molar-refractivity contribution in [2.75, 3.05) is 5.73 Å². The van der Waals surface area contributed by atoms with E-state index in [2.05, 4.69) is 53.3 Å². The van der Waals surface area contributed by atoms with E-state index in [-0.39, 0.29) is 0 Å². The Labute approximate surface area is 105 Å². The van der Waals surface area contributed by atoms with Gasteiger partial charge in [-0.25, -0.2) is 9.97 Å². The maximum absolute atomic E-state index is 5.89. The van der Waals surface area contributed by atoms with Crippen LogP contribution >= 0.6 is 22.6 Å². The van der Waals surface area contributed by atoms with Crippen molar-refractivity contribution in [1.82, 2.24) is 9.97 Å². The molecule has 2 N–H and O–H groups in total. The maximum atomic E-state index is 5.89. The normalized spacial score (nSPS) is 12.8. The summed E-state index contributed by atoms with van der Waals surface area (Å²) in [5, 5.41) is 0. The van der Waals surface area contributed by atoms with E-state index in [0.717, 1.165) is 34.4 Å². The van der Waals surface area contributed by atoms with Gasteiger partial charge in [-0.15, -0.1) is 0 Å². The summed E-state index contributed by atoms with van der Waals surface area (Å²) in [5.74, 6) is 1.91. The van der Waals surface area contributed by atoms with Gasteiger partial charge in [0.15, 0.2) is 0 Å². The topological polar surface area (TPSA) is 51.8 Å². The molecule has 0 spiro atoms. The molecular formula is C11H18IN3.